The van der Waals surface area contributed by atoms with E-state index in [0.29, 0.717) is 0 Å². The molecule has 1 heteroatoms. The van der Waals surface area contributed by atoms with Crippen LogP contribution in [0, 0.1) is 0 Å². The highest BCUT2D eigenvalue weighted by Gasteiger charge is 2.31. The lowest BCUT2D eigenvalue weighted by atomic mass is 9.70. The second-order valence-corrected chi connectivity index (χ2v) is 5.28. The zero-order chi connectivity index (χ0) is 16.0. The number of rotatable bonds is 6. The first kappa shape index (κ1) is 15.8. The maximum atomic E-state index is 5.27. The highest BCUT2D eigenvalue weighted by atomic mass is 16.5. The van der Waals surface area contributed by atoms with Gasteiger partial charge in [0.1, 0.15) is 5.75 Å². The monoisotopic (exact) mass is 290 g/mol. The molecule has 22 heavy (non-hydrogen) atoms. The molecule has 112 valence electrons. The van der Waals surface area contributed by atoms with Crippen LogP contribution in [0.5, 0.6) is 5.75 Å². The molecule has 2 aromatic rings. The SMILES string of the molecule is C=C/C=C(\C=C)C(C)(c1ccccc1)c1ccc(OC)cc1. The van der Waals surface area contributed by atoms with Crippen molar-refractivity contribution >= 4 is 0 Å². The fourth-order valence-corrected chi connectivity index (χ4v) is 2.76. The van der Waals surface area contributed by atoms with E-state index in [1.165, 1.54) is 11.1 Å². The van der Waals surface area contributed by atoms with Gasteiger partial charge in [-0.25, -0.2) is 0 Å². The van der Waals surface area contributed by atoms with Crippen molar-refractivity contribution in [3.8, 4) is 5.75 Å². The minimum Gasteiger partial charge on any atom is -0.497 e. The predicted octanol–water partition coefficient (Wildman–Crippen LogP) is 5.30. The van der Waals surface area contributed by atoms with Gasteiger partial charge in [0.2, 0.25) is 0 Å². The number of benzene rings is 2. The van der Waals surface area contributed by atoms with Crippen molar-refractivity contribution in [3.05, 3.63) is 103 Å². The summed E-state index contributed by atoms with van der Waals surface area (Å²) in [6.07, 6.45) is 5.73. The Hall–Kier alpha value is -2.54. The molecule has 1 nitrogen and oxygen atoms in total. The molecule has 0 bridgehead atoms. The van der Waals surface area contributed by atoms with Crippen LogP contribution in [-0.2, 0) is 5.41 Å². The molecule has 1 unspecified atom stereocenters. The van der Waals surface area contributed by atoms with E-state index >= 15 is 0 Å². The van der Waals surface area contributed by atoms with Crippen LogP contribution in [0.25, 0.3) is 0 Å². The third kappa shape index (κ3) is 2.89. The molecule has 0 aliphatic rings. The number of methoxy groups -OCH3 is 1. The van der Waals surface area contributed by atoms with Crippen molar-refractivity contribution in [2.24, 2.45) is 0 Å². The minimum atomic E-state index is -0.288. The first-order chi connectivity index (χ1) is 10.7. The molecular formula is C21H22O. The van der Waals surface area contributed by atoms with E-state index in [2.05, 4.69) is 56.5 Å². The normalized spacial score (nSPS) is 14.0. The molecule has 0 spiro atoms. The van der Waals surface area contributed by atoms with Gasteiger partial charge < -0.3 is 4.74 Å². The smallest absolute Gasteiger partial charge is 0.118 e. The summed E-state index contributed by atoms with van der Waals surface area (Å²) >= 11 is 0. The van der Waals surface area contributed by atoms with E-state index in [1.807, 2.05) is 36.4 Å². The maximum Gasteiger partial charge on any atom is 0.118 e. The van der Waals surface area contributed by atoms with Crippen LogP contribution in [0.3, 0.4) is 0 Å². The van der Waals surface area contributed by atoms with Crippen LogP contribution in [0.2, 0.25) is 0 Å². The standard InChI is InChI=1S/C21H22O/c1-5-10-17(6-2)21(3,18-11-8-7-9-12-18)19-13-15-20(22-4)16-14-19/h5-16H,1-2H2,3-4H3/b17-10+. The van der Waals surface area contributed by atoms with Gasteiger partial charge in [-0.15, -0.1) is 0 Å². The van der Waals surface area contributed by atoms with Gasteiger partial charge in [0.15, 0.2) is 0 Å². The van der Waals surface area contributed by atoms with Crippen LogP contribution < -0.4 is 4.74 Å². The van der Waals surface area contributed by atoms with Gasteiger partial charge >= 0.3 is 0 Å². The molecule has 2 rings (SSSR count). The van der Waals surface area contributed by atoms with Gasteiger partial charge in [0.05, 0.1) is 7.11 Å². The average molecular weight is 290 g/mol. The van der Waals surface area contributed by atoms with Crippen molar-refractivity contribution in [1.29, 1.82) is 0 Å². The highest BCUT2D eigenvalue weighted by molar-refractivity contribution is 5.52. The largest absolute Gasteiger partial charge is 0.497 e. The van der Waals surface area contributed by atoms with E-state index in [1.54, 1.807) is 7.11 Å². The van der Waals surface area contributed by atoms with Gasteiger partial charge in [0.25, 0.3) is 0 Å². The van der Waals surface area contributed by atoms with E-state index in [4.69, 9.17) is 4.74 Å². The van der Waals surface area contributed by atoms with Crippen molar-refractivity contribution < 1.29 is 4.74 Å². The summed E-state index contributed by atoms with van der Waals surface area (Å²) in [6.45, 7) is 10.0. The second-order valence-electron chi connectivity index (χ2n) is 5.28. The first-order valence-electron chi connectivity index (χ1n) is 7.32. The van der Waals surface area contributed by atoms with E-state index < -0.39 is 0 Å². The molecule has 0 amide bonds. The lowest BCUT2D eigenvalue weighted by Crippen LogP contribution is -2.25. The summed E-state index contributed by atoms with van der Waals surface area (Å²) in [6, 6.07) is 18.6. The molecule has 0 aliphatic carbocycles. The lowest BCUT2D eigenvalue weighted by Gasteiger charge is -2.32. The predicted molar refractivity (Wildman–Crippen MR) is 94.4 cm³/mol. The summed E-state index contributed by atoms with van der Waals surface area (Å²) in [5, 5.41) is 0. The Morgan fingerprint density at radius 1 is 0.955 bits per heavy atom. The minimum absolute atomic E-state index is 0.288. The zero-order valence-electron chi connectivity index (χ0n) is 13.3. The van der Waals surface area contributed by atoms with Crippen LogP contribution in [0.1, 0.15) is 18.1 Å². The van der Waals surface area contributed by atoms with Crippen LogP contribution >= 0.6 is 0 Å². The molecule has 0 saturated heterocycles. The molecule has 1 atom stereocenters. The fraction of sp³-hybridized carbons (Fsp3) is 0.143. The number of allylic oxidation sites excluding steroid dienone is 4. The van der Waals surface area contributed by atoms with Gasteiger partial charge in [-0.3, -0.25) is 0 Å². The van der Waals surface area contributed by atoms with Crippen molar-refractivity contribution in [2.75, 3.05) is 7.11 Å². The first-order valence-corrected chi connectivity index (χ1v) is 7.32. The molecule has 0 aliphatic heterocycles. The van der Waals surface area contributed by atoms with Crippen molar-refractivity contribution in [2.45, 2.75) is 12.3 Å². The highest BCUT2D eigenvalue weighted by Crippen LogP contribution is 2.39. The summed E-state index contributed by atoms with van der Waals surface area (Å²) in [7, 11) is 1.68. The summed E-state index contributed by atoms with van der Waals surface area (Å²) in [4.78, 5) is 0. The van der Waals surface area contributed by atoms with Crippen molar-refractivity contribution in [1.82, 2.24) is 0 Å². The van der Waals surface area contributed by atoms with Gasteiger partial charge in [-0.2, -0.15) is 0 Å². The molecule has 0 aromatic heterocycles. The molecule has 0 saturated carbocycles. The van der Waals surface area contributed by atoms with Gasteiger partial charge in [-0.1, -0.05) is 73.9 Å². The quantitative estimate of drug-likeness (QED) is 0.656. The summed E-state index contributed by atoms with van der Waals surface area (Å²) < 4.78 is 5.27. The van der Waals surface area contributed by atoms with Crippen LogP contribution in [0.4, 0.5) is 0 Å². The molecule has 0 heterocycles. The van der Waals surface area contributed by atoms with Crippen LogP contribution in [0.15, 0.2) is 91.6 Å². The molecule has 0 N–H and O–H groups in total. The molecule has 2 aromatic carbocycles. The Balaban J connectivity index is 2.66. The topological polar surface area (TPSA) is 9.23 Å². The number of hydrogen-bond acceptors (Lipinski definition) is 1. The third-order valence-electron chi connectivity index (χ3n) is 4.11. The Labute approximate surface area is 133 Å². The number of ether oxygens (including phenoxy) is 1. The molecule has 0 fully saturated rings. The zero-order valence-corrected chi connectivity index (χ0v) is 13.3. The lowest BCUT2D eigenvalue weighted by molar-refractivity contribution is 0.414. The molecule has 0 radical (unpaired) electrons. The van der Waals surface area contributed by atoms with E-state index in [9.17, 15) is 0 Å². The van der Waals surface area contributed by atoms with Gasteiger partial charge in [0, 0.05) is 5.41 Å². The molecular weight excluding hydrogens is 268 g/mol. The van der Waals surface area contributed by atoms with Crippen molar-refractivity contribution in [3.63, 3.8) is 0 Å². The average Bonchev–Trinajstić information content (AvgIpc) is 2.60. The number of hydrogen-bond donors (Lipinski definition) is 0. The van der Waals surface area contributed by atoms with Crippen LogP contribution in [-0.4, -0.2) is 7.11 Å². The third-order valence-corrected chi connectivity index (χ3v) is 4.11. The Bertz CT molecular complexity index is 665. The summed E-state index contributed by atoms with van der Waals surface area (Å²) in [5.74, 6) is 0.854. The second kappa shape index (κ2) is 6.95. The maximum absolute atomic E-state index is 5.27. The summed E-state index contributed by atoms with van der Waals surface area (Å²) in [5.41, 5.74) is 3.23. The van der Waals surface area contributed by atoms with E-state index in [0.717, 1.165) is 11.3 Å². The Morgan fingerprint density at radius 3 is 2.05 bits per heavy atom. The fourth-order valence-electron chi connectivity index (χ4n) is 2.76. The Morgan fingerprint density at radius 2 is 1.55 bits per heavy atom. The Kier molecular flexibility index (Phi) is 5.00. The van der Waals surface area contributed by atoms with E-state index in [-0.39, 0.29) is 5.41 Å². The van der Waals surface area contributed by atoms with Gasteiger partial charge in [-0.05, 0) is 35.8 Å².